The maximum Gasteiger partial charge on any atom is 0.274 e. The predicted octanol–water partition coefficient (Wildman–Crippen LogP) is 5.49. The van der Waals surface area contributed by atoms with E-state index in [-0.39, 0.29) is 40.8 Å². The average molecular weight is 534 g/mol. The van der Waals surface area contributed by atoms with Gasteiger partial charge in [-0.15, -0.1) is 0 Å². The Bertz CT molecular complexity index is 1290. The van der Waals surface area contributed by atoms with E-state index in [2.05, 4.69) is 53.8 Å². The van der Waals surface area contributed by atoms with Crippen molar-refractivity contribution in [1.29, 1.82) is 0 Å². The van der Waals surface area contributed by atoms with Gasteiger partial charge in [-0.25, -0.2) is 4.98 Å². The second-order valence-corrected chi connectivity index (χ2v) is 12.6. The molecule has 0 radical (unpaired) electrons. The first kappa shape index (κ1) is 28.3. The standard InChI is InChI=1S/C30H39N5O4/c1-28(2,3)24-15-25(34-39-24)33-26(36)14-19-8-10-20(11-9-19)32-27(37)23-13-12-21(18-31-23)38-22-16-29(4,5)35-30(6,7)17-22/h8-13,15,18,22,35H,14,16-17H2,1-7H3,(H,32,37)(H,33,34,36). The summed E-state index contributed by atoms with van der Waals surface area (Å²) < 4.78 is 11.5. The van der Waals surface area contributed by atoms with E-state index in [4.69, 9.17) is 9.26 Å². The number of hydrogen-bond donors (Lipinski definition) is 3. The highest BCUT2D eigenvalue weighted by molar-refractivity contribution is 6.02. The highest BCUT2D eigenvalue weighted by atomic mass is 16.5. The van der Waals surface area contributed by atoms with Crippen LogP contribution in [0, 0.1) is 0 Å². The van der Waals surface area contributed by atoms with Crippen molar-refractivity contribution >= 4 is 23.3 Å². The molecule has 1 aromatic carbocycles. The van der Waals surface area contributed by atoms with E-state index >= 15 is 0 Å². The molecule has 39 heavy (non-hydrogen) atoms. The fourth-order valence-electron chi connectivity index (χ4n) is 5.05. The first-order valence-electron chi connectivity index (χ1n) is 13.3. The lowest BCUT2D eigenvalue weighted by molar-refractivity contribution is -0.115. The third-order valence-electron chi connectivity index (χ3n) is 6.52. The van der Waals surface area contributed by atoms with Crippen LogP contribution >= 0.6 is 0 Å². The molecule has 4 rings (SSSR count). The zero-order valence-corrected chi connectivity index (χ0v) is 23.8. The molecule has 2 aromatic heterocycles. The quantitative estimate of drug-likeness (QED) is 0.368. The first-order chi connectivity index (χ1) is 18.2. The number of amides is 2. The minimum absolute atomic E-state index is 0.0216. The van der Waals surface area contributed by atoms with Gasteiger partial charge in [0.2, 0.25) is 5.91 Å². The molecule has 2 amide bonds. The van der Waals surface area contributed by atoms with Crippen molar-refractivity contribution in [2.45, 2.75) is 90.3 Å². The summed E-state index contributed by atoms with van der Waals surface area (Å²) in [5.41, 5.74) is 1.46. The number of hydrogen-bond acceptors (Lipinski definition) is 7. The molecule has 0 aliphatic carbocycles. The van der Waals surface area contributed by atoms with E-state index in [1.165, 1.54) is 0 Å². The van der Waals surface area contributed by atoms with Crippen LogP contribution in [-0.4, -0.2) is 39.1 Å². The van der Waals surface area contributed by atoms with Crippen molar-refractivity contribution in [3.05, 3.63) is 65.7 Å². The number of aromatic nitrogens is 2. The fourth-order valence-corrected chi connectivity index (χ4v) is 5.05. The van der Waals surface area contributed by atoms with Crippen molar-refractivity contribution in [3.8, 4) is 5.75 Å². The molecule has 0 saturated carbocycles. The minimum atomic E-state index is -0.322. The Morgan fingerprint density at radius 1 is 1.03 bits per heavy atom. The molecule has 0 unspecified atom stereocenters. The molecule has 1 saturated heterocycles. The van der Waals surface area contributed by atoms with E-state index in [1.54, 1.807) is 48.7 Å². The van der Waals surface area contributed by atoms with E-state index in [0.717, 1.165) is 18.4 Å². The van der Waals surface area contributed by atoms with Crippen molar-refractivity contribution in [3.63, 3.8) is 0 Å². The zero-order chi connectivity index (χ0) is 28.4. The highest BCUT2D eigenvalue weighted by Gasteiger charge is 2.38. The third-order valence-corrected chi connectivity index (χ3v) is 6.52. The zero-order valence-electron chi connectivity index (χ0n) is 23.8. The van der Waals surface area contributed by atoms with Crippen LogP contribution in [-0.2, 0) is 16.6 Å². The van der Waals surface area contributed by atoms with Crippen LogP contribution in [0.25, 0.3) is 0 Å². The van der Waals surface area contributed by atoms with Gasteiger partial charge in [0.15, 0.2) is 5.82 Å². The van der Waals surface area contributed by atoms with E-state index < -0.39 is 0 Å². The highest BCUT2D eigenvalue weighted by Crippen LogP contribution is 2.31. The predicted molar refractivity (Wildman–Crippen MR) is 151 cm³/mol. The second kappa shape index (κ2) is 10.8. The van der Waals surface area contributed by atoms with Crippen molar-refractivity contribution in [2.75, 3.05) is 10.6 Å². The summed E-state index contributed by atoms with van der Waals surface area (Å²) in [5.74, 6) is 1.21. The van der Waals surface area contributed by atoms with Crippen LogP contribution in [0.3, 0.4) is 0 Å². The topological polar surface area (TPSA) is 118 Å². The number of rotatable bonds is 7. The molecule has 0 spiro atoms. The van der Waals surface area contributed by atoms with Crippen molar-refractivity contribution < 1.29 is 18.8 Å². The summed E-state index contributed by atoms with van der Waals surface area (Å²) in [6.07, 6.45) is 3.59. The smallest absolute Gasteiger partial charge is 0.274 e. The molecule has 1 aliphatic rings. The lowest BCUT2D eigenvalue weighted by atomic mass is 9.81. The van der Waals surface area contributed by atoms with Crippen LogP contribution in [0.5, 0.6) is 5.75 Å². The summed E-state index contributed by atoms with van der Waals surface area (Å²) in [7, 11) is 0. The fraction of sp³-hybridized carbons (Fsp3) is 0.467. The summed E-state index contributed by atoms with van der Waals surface area (Å²) in [4.78, 5) is 29.4. The van der Waals surface area contributed by atoms with Gasteiger partial charge in [0.1, 0.15) is 23.3 Å². The molecule has 9 nitrogen and oxygen atoms in total. The third kappa shape index (κ3) is 7.89. The van der Waals surface area contributed by atoms with Crippen LogP contribution in [0.4, 0.5) is 11.5 Å². The van der Waals surface area contributed by atoms with Crippen LogP contribution in [0.2, 0.25) is 0 Å². The SMILES string of the molecule is CC1(C)CC(Oc2ccc(C(=O)Nc3ccc(CC(=O)Nc4cc(C(C)(C)C)on4)cc3)nc2)CC(C)(C)N1. The average Bonchev–Trinajstić information content (AvgIpc) is 3.28. The molecule has 0 bridgehead atoms. The van der Waals surface area contributed by atoms with E-state index in [0.29, 0.717) is 28.7 Å². The molecular formula is C30H39N5O4. The van der Waals surface area contributed by atoms with E-state index in [9.17, 15) is 9.59 Å². The normalized spacial score (nSPS) is 16.9. The van der Waals surface area contributed by atoms with Gasteiger partial charge in [-0.3, -0.25) is 9.59 Å². The van der Waals surface area contributed by atoms with Gasteiger partial charge in [-0.2, -0.15) is 0 Å². The number of benzene rings is 1. The molecule has 3 N–H and O–H groups in total. The molecular weight excluding hydrogens is 494 g/mol. The van der Waals surface area contributed by atoms with Gasteiger partial charge in [0.05, 0.1) is 12.6 Å². The number of nitrogens with one attached hydrogen (secondary N) is 3. The summed E-state index contributed by atoms with van der Waals surface area (Å²) in [5, 5.41) is 13.2. The number of carbonyl (C=O) groups is 2. The number of pyridine rings is 1. The van der Waals surface area contributed by atoms with Gasteiger partial charge in [0, 0.05) is 41.1 Å². The lowest BCUT2D eigenvalue weighted by Crippen LogP contribution is -2.60. The largest absolute Gasteiger partial charge is 0.489 e. The molecule has 0 atom stereocenters. The Morgan fingerprint density at radius 2 is 1.69 bits per heavy atom. The molecule has 208 valence electrons. The lowest BCUT2D eigenvalue weighted by Gasteiger charge is -2.46. The number of ether oxygens (including phenoxy) is 1. The number of carbonyl (C=O) groups excluding carboxylic acids is 2. The Morgan fingerprint density at radius 3 is 2.26 bits per heavy atom. The Kier molecular flexibility index (Phi) is 7.84. The van der Waals surface area contributed by atoms with E-state index in [1.807, 2.05) is 20.8 Å². The number of piperidine rings is 1. The Hall–Kier alpha value is -3.72. The van der Waals surface area contributed by atoms with Crippen LogP contribution < -0.4 is 20.7 Å². The second-order valence-electron chi connectivity index (χ2n) is 12.6. The summed E-state index contributed by atoms with van der Waals surface area (Å²) >= 11 is 0. The van der Waals surface area contributed by atoms with Crippen molar-refractivity contribution in [2.24, 2.45) is 0 Å². The number of anilines is 2. The van der Waals surface area contributed by atoms with Gasteiger partial charge in [0.25, 0.3) is 5.91 Å². The molecule has 1 aliphatic heterocycles. The molecule has 9 heteroatoms. The first-order valence-corrected chi connectivity index (χ1v) is 13.3. The van der Waals surface area contributed by atoms with Gasteiger partial charge in [-0.1, -0.05) is 38.1 Å². The van der Waals surface area contributed by atoms with Gasteiger partial charge < -0.3 is 25.2 Å². The Balaban J connectivity index is 1.28. The maximum absolute atomic E-state index is 12.7. The number of nitrogens with zero attached hydrogens (tertiary/aromatic N) is 2. The van der Waals surface area contributed by atoms with Crippen LogP contribution in [0.15, 0.2) is 53.2 Å². The monoisotopic (exact) mass is 533 g/mol. The summed E-state index contributed by atoms with van der Waals surface area (Å²) in [6, 6.07) is 12.3. The molecule has 3 aromatic rings. The van der Waals surface area contributed by atoms with Crippen LogP contribution in [0.1, 0.15) is 83.1 Å². The molecule has 1 fully saturated rings. The minimum Gasteiger partial charge on any atom is -0.489 e. The Labute approximate surface area is 230 Å². The summed E-state index contributed by atoms with van der Waals surface area (Å²) in [6.45, 7) is 14.7. The van der Waals surface area contributed by atoms with Gasteiger partial charge >= 0.3 is 0 Å². The maximum atomic E-state index is 12.7. The molecule has 3 heterocycles. The van der Waals surface area contributed by atoms with Crippen molar-refractivity contribution in [1.82, 2.24) is 15.5 Å². The van der Waals surface area contributed by atoms with Gasteiger partial charge in [-0.05, 0) is 57.5 Å².